The van der Waals surface area contributed by atoms with Crippen molar-refractivity contribution in [3.8, 4) is 0 Å². The Bertz CT molecular complexity index is 1070. The van der Waals surface area contributed by atoms with Crippen molar-refractivity contribution in [2.24, 2.45) is 0 Å². The van der Waals surface area contributed by atoms with Gasteiger partial charge < -0.3 is 10.2 Å². The average molecular weight is 459 g/mol. The highest BCUT2D eigenvalue weighted by Gasteiger charge is 2.32. The number of aryl methyl sites for hydroxylation is 2. The van der Waals surface area contributed by atoms with E-state index >= 15 is 0 Å². The van der Waals surface area contributed by atoms with Gasteiger partial charge in [-0.25, -0.2) is 0 Å². The van der Waals surface area contributed by atoms with Gasteiger partial charge >= 0.3 is 0 Å². The van der Waals surface area contributed by atoms with Gasteiger partial charge in [0.05, 0.1) is 5.75 Å². The van der Waals surface area contributed by atoms with Crippen LogP contribution in [-0.4, -0.2) is 35.6 Å². The van der Waals surface area contributed by atoms with Crippen LogP contribution in [0, 0.1) is 6.92 Å². The predicted octanol–water partition coefficient (Wildman–Crippen LogP) is 5.17. The van der Waals surface area contributed by atoms with Crippen molar-refractivity contribution >= 4 is 23.6 Å². The van der Waals surface area contributed by atoms with E-state index in [2.05, 4.69) is 48.6 Å². The van der Waals surface area contributed by atoms with Crippen LogP contribution in [0.3, 0.4) is 0 Å². The van der Waals surface area contributed by atoms with Gasteiger partial charge in [0, 0.05) is 18.7 Å². The van der Waals surface area contributed by atoms with Crippen molar-refractivity contribution in [1.82, 2.24) is 10.2 Å². The largest absolute Gasteiger partial charge is 0.352 e. The quantitative estimate of drug-likeness (QED) is 0.450. The molecule has 3 aromatic rings. The predicted molar refractivity (Wildman–Crippen MR) is 135 cm³/mol. The van der Waals surface area contributed by atoms with Gasteiger partial charge in [-0.2, -0.15) is 0 Å². The van der Waals surface area contributed by atoms with Crippen molar-refractivity contribution in [2.45, 2.75) is 31.6 Å². The van der Waals surface area contributed by atoms with Crippen LogP contribution in [0.15, 0.2) is 78.9 Å². The van der Waals surface area contributed by atoms with Crippen molar-refractivity contribution in [2.75, 3.05) is 18.8 Å². The Morgan fingerprint density at radius 3 is 2.36 bits per heavy atom. The van der Waals surface area contributed by atoms with E-state index in [-0.39, 0.29) is 17.2 Å². The second kappa shape index (κ2) is 11.2. The lowest BCUT2D eigenvalue weighted by Crippen LogP contribution is -2.30. The molecule has 1 aliphatic heterocycles. The highest BCUT2D eigenvalue weighted by molar-refractivity contribution is 8.00. The van der Waals surface area contributed by atoms with E-state index in [4.69, 9.17) is 0 Å². The molecule has 1 heterocycles. The normalized spacial score (nSPS) is 15.6. The van der Waals surface area contributed by atoms with Gasteiger partial charge in [-0.1, -0.05) is 72.3 Å². The molecule has 5 heteroatoms. The lowest BCUT2D eigenvalue weighted by Gasteiger charge is -2.24. The maximum atomic E-state index is 12.5. The van der Waals surface area contributed by atoms with Crippen LogP contribution < -0.4 is 5.32 Å². The van der Waals surface area contributed by atoms with Crippen LogP contribution in [0.4, 0.5) is 0 Å². The van der Waals surface area contributed by atoms with Crippen molar-refractivity contribution in [3.63, 3.8) is 0 Å². The summed E-state index contributed by atoms with van der Waals surface area (Å²) in [7, 11) is 0. The fourth-order valence-electron chi connectivity index (χ4n) is 4.02. The van der Waals surface area contributed by atoms with E-state index in [9.17, 15) is 9.59 Å². The molecule has 0 radical (unpaired) electrons. The number of hydrogen-bond acceptors (Lipinski definition) is 3. The Hall–Kier alpha value is -3.05. The minimum Gasteiger partial charge on any atom is -0.352 e. The van der Waals surface area contributed by atoms with E-state index < -0.39 is 0 Å². The molecular formula is C28H30N2O2S. The minimum absolute atomic E-state index is 0.00725. The molecule has 0 spiro atoms. The highest BCUT2D eigenvalue weighted by atomic mass is 32.2. The first kappa shape index (κ1) is 23.1. The summed E-state index contributed by atoms with van der Waals surface area (Å²) in [6.07, 6.45) is 2.70. The SMILES string of the molecule is Cc1ccc(CCCNC(=O)c2ccc([C@@H]3SCC(=O)N3CCc3ccccc3)cc2)cc1. The zero-order valence-corrected chi connectivity index (χ0v) is 19.8. The molecule has 0 bridgehead atoms. The standard InChI is InChI=1S/C28H30N2O2S/c1-21-9-11-23(12-10-21)8-5-18-29-27(32)24-13-15-25(16-14-24)28-30(26(31)20-33-28)19-17-22-6-3-2-4-7-22/h2-4,6-7,9-16,28H,5,8,17-20H2,1H3,(H,29,32)/t28-/m0/s1. The summed E-state index contributed by atoms with van der Waals surface area (Å²) in [6, 6.07) is 26.5. The van der Waals surface area contributed by atoms with Crippen molar-refractivity contribution in [1.29, 1.82) is 0 Å². The van der Waals surface area contributed by atoms with Gasteiger partial charge in [0.15, 0.2) is 0 Å². The maximum Gasteiger partial charge on any atom is 0.251 e. The van der Waals surface area contributed by atoms with Crippen LogP contribution in [0.5, 0.6) is 0 Å². The maximum absolute atomic E-state index is 12.5. The van der Waals surface area contributed by atoms with Gasteiger partial charge in [-0.05, 0) is 55.0 Å². The first-order valence-electron chi connectivity index (χ1n) is 11.5. The molecular weight excluding hydrogens is 428 g/mol. The molecule has 0 aromatic heterocycles. The first-order chi connectivity index (χ1) is 16.1. The summed E-state index contributed by atoms with van der Waals surface area (Å²) < 4.78 is 0. The van der Waals surface area contributed by atoms with Gasteiger partial charge in [0.2, 0.25) is 5.91 Å². The minimum atomic E-state index is -0.0541. The van der Waals surface area contributed by atoms with Gasteiger partial charge in [-0.15, -0.1) is 11.8 Å². The molecule has 4 nitrogen and oxygen atoms in total. The number of thioether (sulfide) groups is 1. The van der Waals surface area contributed by atoms with E-state index in [0.29, 0.717) is 24.4 Å². The Balaban J connectivity index is 1.28. The fourth-order valence-corrected chi connectivity index (χ4v) is 5.24. The molecule has 0 aliphatic carbocycles. The number of rotatable bonds is 9. The second-order valence-corrected chi connectivity index (χ2v) is 9.52. The van der Waals surface area contributed by atoms with Crippen LogP contribution >= 0.6 is 11.8 Å². The lowest BCUT2D eigenvalue weighted by molar-refractivity contribution is -0.128. The number of nitrogens with one attached hydrogen (secondary N) is 1. The third kappa shape index (κ3) is 6.26. The van der Waals surface area contributed by atoms with Gasteiger partial charge in [0.25, 0.3) is 5.91 Å². The smallest absolute Gasteiger partial charge is 0.251 e. The summed E-state index contributed by atoms with van der Waals surface area (Å²) in [5.41, 5.74) is 5.50. The molecule has 0 unspecified atom stereocenters. The molecule has 1 saturated heterocycles. The van der Waals surface area contributed by atoms with E-state index in [0.717, 1.165) is 24.8 Å². The summed E-state index contributed by atoms with van der Waals surface area (Å²) in [5, 5.41) is 3.02. The lowest BCUT2D eigenvalue weighted by atomic mass is 10.1. The first-order valence-corrected chi connectivity index (χ1v) is 12.5. The molecule has 1 N–H and O–H groups in total. The molecule has 170 valence electrons. The van der Waals surface area contributed by atoms with Gasteiger partial charge in [-0.3, -0.25) is 9.59 Å². The zero-order valence-electron chi connectivity index (χ0n) is 19.0. The summed E-state index contributed by atoms with van der Waals surface area (Å²) in [6.45, 7) is 3.43. The fraction of sp³-hybridized carbons (Fsp3) is 0.286. The summed E-state index contributed by atoms with van der Waals surface area (Å²) in [4.78, 5) is 26.9. The molecule has 1 fully saturated rings. The van der Waals surface area contributed by atoms with Crippen molar-refractivity contribution < 1.29 is 9.59 Å². The Morgan fingerprint density at radius 2 is 1.64 bits per heavy atom. The number of hydrogen-bond donors (Lipinski definition) is 1. The Labute approximate surface area is 200 Å². The number of carbonyl (C=O) groups is 2. The summed E-state index contributed by atoms with van der Waals surface area (Å²) >= 11 is 1.65. The Morgan fingerprint density at radius 1 is 0.939 bits per heavy atom. The average Bonchev–Trinajstić information content (AvgIpc) is 3.22. The monoisotopic (exact) mass is 458 g/mol. The van der Waals surface area contributed by atoms with Crippen molar-refractivity contribution in [3.05, 3.63) is 107 Å². The molecule has 33 heavy (non-hydrogen) atoms. The topological polar surface area (TPSA) is 49.4 Å². The molecule has 2 amide bonds. The van der Waals surface area contributed by atoms with Gasteiger partial charge in [0.1, 0.15) is 5.37 Å². The number of nitrogens with zero attached hydrogens (tertiary/aromatic N) is 1. The van der Waals surface area contributed by atoms with Crippen LogP contribution in [0.2, 0.25) is 0 Å². The van der Waals surface area contributed by atoms with E-state index in [1.807, 2.05) is 47.4 Å². The molecule has 1 atom stereocenters. The zero-order chi connectivity index (χ0) is 23.0. The van der Waals surface area contributed by atoms with E-state index in [1.165, 1.54) is 16.7 Å². The van der Waals surface area contributed by atoms with E-state index in [1.54, 1.807) is 11.8 Å². The third-order valence-electron chi connectivity index (χ3n) is 5.96. The van der Waals surface area contributed by atoms with Crippen LogP contribution in [0.1, 0.15) is 44.4 Å². The number of benzene rings is 3. The molecule has 4 rings (SSSR count). The number of carbonyl (C=O) groups excluding carboxylic acids is 2. The second-order valence-electron chi connectivity index (χ2n) is 8.45. The Kier molecular flexibility index (Phi) is 7.84. The van der Waals surface area contributed by atoms with Crippen LogP contribution in [-0.2, 0) is 17.6 Å². The number of amides is 2. The third-order valence-corrected chi connectivity index (χ3v) is 7.21. The molecule has 3 aromatic carbocycles. The summed E-state index contributed by atoms with van der Waals surface area (Å²) in [5.74, 6) is 0.626. The highest BCUT2D eigenvalue weighted by Crippen LogP contribution is 2.38. The molecule has 0 saturated carbocycles. The van der Waals surface area contributed by atoms with Crippen LogP contribution in [0.25, 0.3) is 0 Å². The molecule has 1 aliphatic rings.